The van der Waals surface area contributed by atoms with E-state index < -0.39 is 11.9 Å². The lowest BCUT2D eigenvalue weighted by atomic mass is 10.2. The predicted octanol–water partition coefficient (Wildman–Crippen LogP) is 3.54. The van der Waals surface area contributed by atoms with Crippen molar-refractivity contribution in [2.24, 2.45) is 0 Å². The number of nitrogens with two attached hydrogens (primary N) is 1. The Hall–Kier alpha value is -4.45. The molecule has 2 aromatic carbocycles. The monoisotopic (exact) mass is 504 g/mol. The number of benzene rings is 2. The minimum atomic E-state index is -0.559. The van der Waals surface area contributed by atoms with Gasteiger partial charge in [0.25, 0.3) is 0 Å². The highest BCUT2D eigenvalue weighted by Crippen LogP contribution is 2.23. The second-order valence-corrected chi connectivity index (χ2v) is 7.20. The first kappa shape index (κ1) is 26.8. The summed E-state index contributed by atoms with van der Waals surface area (Å²) in [5.74, 6) is -1.26. The van der Waals surface area contributed by atoms with Gasteiger partial charge in [0, 0.05) is 37.4 Å². The molecule has 0 atom stereocenters. The van der Waals surface area contributed by atoms with Crippen LogP contribution in [0.15, 0.2) is 45.4 Å². The van der Waals surface area contributed by atoms with E-state index in [0.29, 0.717) is 33.3 Å². The van der Waals surface area contributed by atoms with Gasteiger partial charge in [-0.1, -0.05) is 10.3 Å². The Morgan fingerprint density at radius 2 is 1.31 bits per heavy atom. The van der Waals surface area contributed by atoms with Gasteiger partial charge in [0.15, 0.2) is 22.6 Å². The highest BCUT2D eigenvalue weighted by atomic mass is 35.5. The van der Waals surface area contributed by atoms with E-state index in [0.717, 1.165) is 0 Å². The Morgan fingerprint density at radius 1 is 0.857 bits per heavy atom. The van der Waals surface area contributed by atoms with Crippen molar-refractivity contribution in [2.75, 3.05) is 25.3 Å². The fraction of sp³-hybridized carbons (Fsp3) is 0.182. The minimum Gasteiger partial charge on any atom is -0.464 e. The zero-order valence-electron chi connectivity index (χ0n) is 19.1. The van der Waals surface area contributed by atoms with Crippen molar-refractivity contribution >= 4 is 68.0 Å². The lowest BCUT2D eigenvalue weighted by Crippen LogP contribution is -2.05. The van der Waals surface area contributed by atoms with Crippen LogP contribution in [0, 0.1) is 0 Å². The van der Waals surface area contributed by atoms with Crippen LogP contribution in [-0.4, -0.2) is 47.6 Å². The average Bonchev–Trinajstić information content (AvgIpc) is 3.41. The zero-order valence-corrected chi connectivity index (χ0v) is 19.8. The molecular weight excluding hydrogens is 484 g/mol. The van der Waals surface area contributed by atoms with Crippen molar-refractivity contribution in [3.63, 3.8) is 0 Å². The molecule has 4 rings (SSSR count). The van der Waals surface area contributed by atoms with Gasteiger partial charge >= 0.3 is 11.9 Å². The molecule has 4 aromatic rings. The highest BCUT2D eigenvalue weighted by molar-refractivity contribution is 6.62. The van der Waals surface area contributed by atoms with Crippen molar-refractivity contribution in [2.45, 2.75) is 13.8 Å². The Bertz CT molecular complexity index is 1370. The molecule has 184 valence electrons. The van der Waals surface area contributed by atoms with Crippen molar-refractivity contribution in [1.82, 2.24) is 10.3 Å². The summed E-state index contributed by atoms with van der Waals surface area (Å²) in [7, 11) is 2.56. The van der Waals surface area contributed by atoms with Gasteiger partial charge in [0.1, 0.15) is 0 Å². The molecule has 0 spiro atoms. The third kappa shape index (κ3) is 7.27. The van der Waals surface area contributed by atoms with Gasteiger partial charge in [0.05, 0.1) is 25.0 Å². The van der Waals surface area contributed by atoms with Crippen molar-refractivity contribution in [3.8, 4) is 0 Å². The number of nitrogens with zero attached hydrogens (tertiary/aromatic N) is 2. The largest absolute Gasteiger partial charge is 0.464 e. The van der Waals surface area contributed by atoms with E-state index in [2.05, 4.69) is 36.7 Å². The van der Waals surface area contributed by atoms with E-state index in [1.807, 2.05) is 0 Å². The van der Waals surface area contributed by atoms with Crippen LogP contribution in [-0.2, 0) is 19.1 Å². The van der Waals surface area contributed by atoms with Crippen molar-refractivity contribution < 1.29 is 37.7 Å². The molecule has 0 saturated heterocycles. The Kier molecular flexibility index (Phi) is 9.29. The summed E-state index contributed by atoms with van der Waals surface area (Å²) < 4.78 is 19.0. The first-order valence-corrected chi connectivity index (χ1v) is 10.1. The van der Waals surface area contributed by atoms with Crippen LogP contribution in [0.5, 0.6) is 0 Å². The van der Waals surface area contributed by atoms with E-state index in [-0.39, 0.29) is 22.5 Å². The van der Waals surface area contributed by atoms with Gasteiger partial charge in [-0.3, -0.25) is 9.59 Å². The summed E-state index contributed by atoms with van der Waals surface area (Å²) in [4.78, 5) is 42.6. The molecule has 0 aliphatic rings. The number of anilines is 2. The first-order chi connectivity index (χ1) is 16.6. The summed E-state index contributed by atoms with van der Waals surface area (Å²) in [6.45, 7) is 2.70. The number of nitrogens with one attached hydrogen (secondary N) is 1. The molecule has 0 fully saturated rings. The van der Waals surface area contributed by atoms with E-state index >= 15 is 0 Å². The van der Waals surface area contributed by atoms with Gasteiger partial charge in [-0.2, -0.15) is 0 Å². The van der Waals surface area contributed by atoms with E-state index in [1.165, 1.54) is 28.1 Å². The number of rotatable bonds is 3. The number of carbonyl (C=O) groups is 4. The quantitative estimate of drug-likeness (QED) is 0.237. The van der Waals surface area contributed by atoms with Crippen LogP contribution >= 0.6 is 11.6 Å². The third-order valence-corrected chi connectivity index (χ3v) is 4.05. The average molecular weight is 505 g/mol. The maximum atomic E-state index is 11.3. The lowest BCUT2D eigenvalue weighted by Gasteiger charge is -2.00. The Labute approximate surface area is 203 Å². The SMILES string of the molecule is CC(=O)Cl.COC(=O)c1noc2cc(N)ccc12.COC(=O)c1noc2cc(NC(C)=O)ccc12. The number of halogens is 1. The highest BCUT2D eigenvalue weighted by Gasteiger charge is 2.17. The summed E-state index contributed by atoms with van der Waals surface area (Å²) in [5.41, 5.74) is 7.86. The molecular formula is C22H21ClN4O8. The van der Waals surface area contributed by atoms with Crippen molar-refractivity contribution in [3.05, 3.63) is 47.8 Å². The molecule has 35 heavy (non-hydrogen) atoms. The molecule has 2 heterocycles. The maximum Gasteiger partial charge on any atom is 0.360 e. The van der Waals surface area contributed by atoms with Crippen LogP contribution in [0.3, 0.4) is 0 Å². The Morgan fingerprint density at radius 3 is 1.77 bits per heavy atom. The van der Waals surface area contributed by atoms with Gasteiger partial charge in [-0.15, -0.1) is 0 Å². The first-order valence-electron chi connectivity index (χ1n) is 9.72. The second-order valence-electron chi connectivity index (χ2n) is 6.66. The number of nitrogen functional groups attached to an aromatic ring is 1. The fourth-order valence-electron chi connectivity index (χ4n) is 2.66. The third-order valence-electron chi connectivity index (χ3n) is 4.05. The molecule has 12 nitrogen and oxygen atoms in total. The summed E-state index contributed by atoms with van der Waals surface area (Å²) in [5, 5.41) is 10.6. The number of fused-ring (bicyclic) bond motifs is 2. The molecule has 0 saturated carbocycles. The molecule has 0 aliphatic heterocycles. The smallest absolute Gasteiger partial charge is 0.360 e. The van der Waals surface area contributed by atoms with Gasteiger partial charge in [-0.25, -0.2) is 9.59 Å². The number of hydrogen-bond donors (Lipinski definition) is 2. The normalized spacial score (nSPS) is 9.86. The molecule has 0 aliphatic carbocycles. The number of esters is 2. The summed E-state index contributed by atoms with van der Waals surface area (Å²) in [6, 6.07) is 9.85. The minimum absolute atomic E-state index is 0.122. The fourth-order valence-corrected chi connectivity index (χ4v) is 2.66. The topological polar surface area (TPSA) is 177 Å². The van der Waals surface area contributed by atoms with Gasteiger partial charge < -0.3 is 29.6 Å². The molecule has 0 bridgehead atoms. The number of methoxy groups -OCH3 is 2. The van der Waals surface area contributed by atoms with Crippen LogP contribution in [0.2, 0.25) is 0 Å². The lowest BCUT2D eigenvalue weighted by molar-refractivity contribution is -0.114. The standard InChI is InChI=1S/C11H10N2O4.C9H8N2O3.C2H3ClO/c1-6(14)12-7-3-4-8-9(5-7)17-13-10(8)11(15)16-2;1-13-9(12)8-6-3-2-5(10)4-7(6)14-11-8;1-2(3)4/h3-5H,1-2H3,(H,12,14);2-4H,10H2,1H3;1H3. The van der Waals surface area contributed by atoms with E-state index in [9.17, 15) is 19.2 Å². The molecule has 1 amide bonds. The summed E-state index contributed by atoms with van der Waals surface area (Å²) >= 11 is 4.64. The molecule has 3 N–H and O–H groups in total. The van der Waals surface area contributed by atoms with Crippen molar-refractivity contribution in [1.29, 1.82) is 0 Å². The van der Waals surface area contributed by atoms with E-state index in [1.54, 1.807) is 36.4 Å². The van der Waals surface area contributed by atoms with Crippen LogP contribution in [0.4, 0.5) is 11.4 Å². The Balaban J connectivity index is 0.000000217. The second kappa shape index (κ2) is 12.1. The number of ether oxygens (including phenoxy) is 2. The van der Waals surface area contributed by atoms with Gasteiger partial charge in [-0.05, 0) is 35.9 Å². The van der Waals surface area contributed by atoms with Crippen LogP contribution in [0.1, 0.15) is 34.8 Å². The molecule has 2 aromatic heterocycles. The maximum absolute atomic E-state index is 11.3. The predicted molar refractivity (Wildman–Crippen MR) is 126 cm³/mol. The van der Waals surface area contributed by atoms with Gasteiger partial charge in [0.2, 0.25) is 11.1 Å². The van der Waals surface area contributed by atoms with E-state index in [4.69, 9.17) is 14.8 Å². The number of carbonyl (C=O) groups excluding carboxylic acids is 4. The number of amides is 1. The molecule has 0 unspecified atom stereocenters. The number of hydrogen-bond acceptors (Lipinski definition) is 11. The zero-order chi connectivity index (χ0) is 26.1. The number of aromatic nitrogens is 2. The van der Waals surface area contributed by atoms with Crippen LogP contribution < -0.4 is 11.1 Å². The molecule has 13 heteroatoms. The molecule has 0 radical (unpaired) electrons. The summed E-state index contributed by atoms with van der Waals surface area (Å²) in [6.07, 6.45) is 0. The van der Waals surface area contributed by atoms with Crippen LogP contribution in [0.25, 0.3) is 21.9 Å².